The van der Waals surface area contributed by atoms with Crippen molar-refractivity contribution in [2.75, 3.05) is 18.4 Å². The maximum atomic E-state index is 12.2. The van der Waals surface area contributed by atoms with E-state index in [1.807, 2.05) is 17.8 Å². The summed E-state index contributed by atoms with van der Waals surface area (Å²) in [5, 5.41) is 15.1. The van der Waals surface area contributed by atoms with Crippen LogP contribution in [0.1, 0.15) is 37.8 Å². The molecule has 0 spiro atoms. The molecule has 1 aromatic carbocycles. The van der Waals surface area contributed by atoms with Gasteiger partial charge in [-0.25, -0.2) is 0 Å². The number of hydrogen-bond donors (Lipinski definition) is 3. The third kappa shape index (κ3) is 3.07. The molecule has 3 N–H and O–H groups in total. The summed E-state index contributed by atoms with van der Waals surface area (Å²) >= 11 is 0. The fraction of sp³-hybridized carbons (Fsp3) is 0.526. The summed E-state index contributed by atoms with van der Waals surface area (Å²) in [5.41, 5.74) is 2.83. The molecular weight excluding hydrogens is 330 g/mol. The zero-order valence-corrected chi connectivity index (χ0v) is 15.2. The molecule has 1 aromatic heterocycles. The topological polar surface area (TPSA) is 88.0 Å². The lowest BCUT2D eigenvalue weighted by molar-refractivity contribution is -0.134. The van der Waals surface area contributed by atoms with Gasteiger partial charge < -0.3 is 10.6 Å². The van der Waals surface area contributed by atoms with Gasteiger partial charge in [0.2, 0.25) is 11.8 Å². The first-order chi connectivity index (χ1) is 12.5. The van der Waals surface area contributed by atoms with Gasteiger partial charge in [-0.05, 0) is 50.0 Å². The number of rotatable bonds is 3. The lowest BCUT2D eigenvalue weighted by atomic mass is 9.92. The van der Waals surface area contributed by atoms with Crippen LogP contribution in [0.25, 0.3) is 10.9 Å². The highest BCUT2D eigenvalue weighted by molar-refractivity contribution is 6.02. The van der Waals surface area contributed by atoms with E-state index >= 15 is 0 Å². The third-order valence-electron chi connectivity index (χ3n) is 5.59. The summed E-state index contributed by atoms with van der Waals surface area (Å²) in [6.07, 6.45) is 1.98. The van der Waals surface area contributed by atoms with Crippen molar-refractivity contribution in [1.82, 2.24) is 20.4 Å². The highest BCUT2D eigenvalue weighted by Gasteiger charge is 2.31. The Labute approximate surface area is 152 Å². The molecule has 2 fully saturated rings. The maximum Gasteiger partial charge on any atom is 0.235 e. The van der Waals surface area contributed by atoms with Gasteiger partial charge in [-0.15, -0.1) is 0 Å². The number of hydrogen-bond acceptors (Lipinski definition) is 5. The summed E-state index contributed by atoms with van der Waals surface area (Å²) in [4.78, 5) is 23.6. The van der Waals surface area contributed by atoms with Gasteiger partial charge >= 0.3 is 0 Å². The Hall–Kier alpha value is -2.41. The van der Waals surface area contributed by atoms with E-state index in [4.69, 9.17) is 0 Å². The molecular formula is C19H25N5O2. The van der Waals surface area contributed by atoms with Crippen LogP contribution in [0.3, 0.4) is 0 Å². The van der Waals surface area contributed by atoms with Crippen molar-refractivity contribution in [2.24, 2.45) is 13.0 Å². The zero-order valence-electron chi connectivity index (χ0n) is 15.2. The van der Waals surface area contributed by atoms with E-state index in [9.17, 15) is 9.59 Å². The summed E-state index contributed by atoms with van der Waals surface area (Å²) in [7, 11) is 1.90. The van der Waals surface area contributed by atoms with Gasteiger partial charge in [0.1, 0.15) is 0 Å². The molecule has 3 heterocycles. The fourth-order valence-corrected chi connectivity index (χ4v) is 4.03. The van der Waals surface area contributed by atoms with E-state index in [2.05, 4.69) is 40.1 Å². The van der Waals surface area contributed by atoms with Crippen LogP contribution in [-0.2, 0) is 16.6 Å². The number of aromatic nitrogens is 2. The van der Waals surface area contributed by atoms with Crippen LogP contribution in [0.15, 0.2) is 18.2 Å². The fourth-order valence-electron chi connectivity index (χ4n) is 4.03. The first-order valence-corrected chi connectivity index (χ1v) is 9.30. The quantitative estimate of drug-likeness (QED) is 0.727. The Bertz CT molecular complexity index is 859. The molecule has 7 heteroatoms. The Kier molecular flexibility index (Phi) is 4.40. The maximum absolute atomic E-state index is 12.2. The number of nitrogens with one attached hydrogen (secondary N) is 3. The normalized spacial score (nSPS) is 26.8. The second kappa shape index (κ2) is 6.72. The lowest BCUT2D eigenvalue weighted by Gasteiger charge is -2.31. The number of imide groups is 1. The number of amides is 2. The van der Waals surface area contributed by atoms with Gasteiger partial charge in [-0.2, -0.15) is 5.10 Å². The van der Waals surface area contributed by atoms with Crippen molar-refractivity contribution < 1.29 is 9.59 Å². The van der Waals surface area contributed by atoms with Crippen LogP contribution < -0.4 is 16.0 Å². The van der Waals surface area contributed by atoms with Gasteiger partial charge in [0.25, 0.3) is 0 Å². The average Bonchev–Trinajstić information content (AvgIpc) is 2.93. The zero-order chi connectivity index (χ0) is 18.3. The molecule has 138 valence electrons. The van der Waals surface area contributed by atoms with E-state index in [-0.39, 0.29) is 17.7 Å². The molecule has 2 aliphatic heterocycles. The number of piperidine rings is 2. The molecule has 3 atom stereocenters. The molecule has 26 heavy (non-hydrogen) atoms. The summed E-state index contributed by atoms with van der Waals surface area (Å²) < 4.78 is 1.82. The predicted molar refractivity (Wildman–Crippen MR) is 99.9 cm³/mol. The Morgan fingerprint density at radius 3 is 2.88 bits per heavy atom. The minimum Gasteiger partial charge on any atom is -0.382 e. The van der Waals surface area contributed by atoms with Crippen molar-refractivity contribution >= 4 is 28.4 Å². The van der Waals surface area contributed by atoms with E-state index in [0.717, 1.165) is 41.8 Å². The van der Waals surface area contributed by atoms with E-state index in [0.29, 0.717) is 24.8 Å². The standard InChI is InChI=1S/C19H25N5O2/c1-11-10-20-8-7-15(11)21-12-3-4-13-16(9-12)24(2)23-18(13)14-5-6-17(25)22-19(14)26/h3-4,9,11,14-15,20-21H,5-8,10H2,1-2H3,(H,22,25,26)/t11-,14?,15-/m0/s1. The molecule has 0 bridgehead atoms. The highest BCUT2D eigenvalue weighted by atomic mass is 16.2. The average molecular weight is 355 g/mol. The molecule has 2 aromatic rings. The second-order valence-electron chi connectivity index (χ2n) is 7.47. The van der Waals surface area contributed by atoms with Gasteiger partial charge in [0.15, 0.2) is 0 Å². The molecule has 0 saturated carbocycles. The molecule has 2 saturated heterocycles. The van der Waals surface area contributed by atoms with Crippen LogP contribution in [0.4, 0.5) is 5.69 Å². The number of nitrogens with zero attached hydrogens (tertiary/aromatic N) is 2. The third-order valence-corrected chi connectivity index (χ3v) is 5.59. The van der Waals surface area contributed by atoms with Gasteiger partial charge in [0, 0.05) is 30.6 Å². The summed E-state index contributed by atoms with van der Waals surface area (Å²) in [5.74, 6) is -0.231. The molecule has 2 amide bonds. The van der Waals surface area contributed by atoms with Crippen molar-refractivity contribution in [3.63, 3.8) is 0 Å². The number of aryl methyl sites for hydroxylation is 1. The predicted octanol–water partition coefficient (Wildman–Crippen LogP) is 1.50. The Balaban J connectivity index is 1.62. The van der Waals surface area contributed by atoms with Gasteiger partial charge in [-0.3, -0.25) is 19.6 Å². The Morgan fingerprint density at radius 2 is 2.12 bits per heavy atom. The van der Waals surface area contributed by atoms with Gasteiger partial charge in [-0.1, -0.05) is 6.92 Å². The first kappa shape index (κ1) is 17.0. The van der Waals surface area contributed by atoms with Crippen molar-refractivity contribution in [3.05, 3.63) is 23.9 Å². The van der Waals surface area contributed by atoms with E-state index in [1.165, 1.54) is 0 Å². The van der Waals surface area contributed by atoms with Crippen LogP contribution in [0.5, 0.6) is 0 Å². The van der Waals surface area contributed by atoms with Crippen LogP contribution in [0.2, 0.25) is 0 Å². The van der Waals surface area contributed by atoms with Crippen molar-refractivity contribution in [3.8, 4) is 0 Å². The second-order valence-corrected chi connectivity index (χ2v) is 7.47. The number of benzene rings is 1. The molecule has 0 aliphatic carbocycles. The van der Waals surface area contributed by atoms with Crippen LogP contribution in [-0.4, -0.2) is 40.7 Å². The SMILES string of the molecule is C[C@H]1CNCC[C@@H]1Nc1ccc2c(C3CCC(=O)NC3=O)nn(C)c2c1. The highest BCUT2D eigenvalue weighted by Crippen LogP contribution is 2.32. The number of carbonyl (C=O) groups excluding carboxylic acids is 2. The molecule has 2 aliphatic rings. The monoisotopic (exact) mass is 355 g/mol. The molecule has 1 unspecified atom stereocenters. The molecule has 4 rings (SSSR count). The number of anilines is 1. The van der Waals surface area contributed by atoms with Crippen LogP contribution in [0, 0.1) is 5.92 Å². The minimum absolute atomic E-state index is 0.200. The van der Waals surface area contributed by atoms with Crippen LogP contribution >= 0.6 is 0 Å². The molecule has 0 radical (unpaired) electrons. The Morgan fingerprint density at radius 1 is 1.27 bits per heavy atom. The summed E-state index contributed by atoms with van der Waals surface area (Å²) in [6, 6.07) is 6.66. The number of carbonyl (C=O) groups is 2. The van der Waals surface area contributed by atoms with Gasteiger partial charge in [0.05, 0.1) is 17.1 Å². The van der Waals surface area contributed by atoms with Crippen molar-refractivity contribution in [1.29, 1.82) is 0 Å². The smallest absolute Gasteiger partial charge is 0.235 e. The first-order valence-electron chi connectivity index (χ1n) is 9.30. The lowest BCUT2D eigenvalue weighted by Crippen LogP contribution is -2.42. The molecule has 7 nitrogen and oxygen atoms in total. The largest absolute Gasteiger partial charge is 0.382 e. The van der Waals surface area contributed by atoms with E-state index < -0.39 is 0 Å². The number of fused-ring (bicyclic) bond motifs is 1. The van der Waals surface area contributed by atoms with Crippen molar-refractivity contribution in [2.45, 2.75) is 38.1 Å². The van der Waals surface area contributed by atoms with E-state index in [1.54, 1.807) is 0 Å². The summed E-state index contributed by atoms with van der Waals surface area (Å²) in [6.45, 7) is 4.33. The minimum atomic E-state index is -0.361.